The van der Waals surface area contributed by atoms with Gasteiger partial charge in [-0.15, -0.1) is 0 Å². The van der Waals surface area contributed by atoms with Crippen LogP contribution in [0.4, 0.5) is 5.69 Å². The Hall–Kier alpha value is -4.19. The highest BCUT2D eigenvalue weighted by molar-refractivity contribution is 5.92. The number of aromatic nitrogens is 2. The molecule has 148 valence electrons. The SMILES string of the molecule is O=C(COc1ccccc1-c1ccccc1)Nc1ccc(Oc2ncccn2)cc1. The van der Waals surface area contributed by atoms with Gasteiger partial charge in [-0.05, 0) is 42.0 Å². The average Bonchev–Trinajstić information content (AvgIpc) is 2.80. The molecule has 1 amide bonds. The van der Waals surface area contributed by atoms with Crippen molar-refractivity contribution in [1.82, 2.24) is 9.97 Å². The second-order valence-corrected chi connectivity index (χ2v) is 6.36. The third kappa shape index (κ3) is 4.99. The van der Waals surface area contributed by atoms with Crippen molar-refractivity contribution in [3.05, 3.63) is 97.3 Å². The highest BCUT2D eigenvalue weighted by Crippen LogP contribution is 2.29. The van der Waals surface area contributed by atoms with Crippen molar-refractivity contribution >= 4 is 11.6 Å². The smallest absolute Gasteiger partial charge is 0.321 e. The van der Waals surface area contributed by atoms with Gasteiger partial charge in [0, 0.05) is 23.6 Å². The number of rotatable bonds is 7. The van der Waals surface area contributed by atoms with Crippen LogP contribution in [0.1, 0.15) is 0 Å². The number of amides is 1. The number of benzene rings is 3. The summed E-state index contributed by atoms with van der Waals surface area (Å²) in [7, 11) is 0. The van der Waals surface area contributed by atoms with Crippen molar-refractivity contribution in [3.63, 3.8) is 0 Å². The summed E-state index contributed by atoms with van der Waals surface area (Å²) < 4.78 is 11.3. The highest BCUT2D eigenvalue weighted by Gasteiger charge is 2.09. The van der Waals surface area contributed by atoms with E-state index in [4.69, 9.17) is 9.47 Å². The van der Waals surface area contributed by atoms with Gasteiger partial charge in [0.2, 0.25) is 0 Å². The molecule has 0 fully saturated rings. The number of anilines is 1. The van der Waals surface area contributed by atoms with Crippen LogP contribution in [-0.4, -0.2) is 22.5 Å². The summed E-state index contributed by atoms with van der Waals surface area (Å²) >= 11 is 0. The first-order valence-electron chi connectivity index (χ1n) is 9.40. The molecule has 6 heteroatoms. The molecule has 1 aromatic heterocycles. The summed E-state index contributed by atoms with van der Waals surface area (Å²) in [4.78, 5) is 20.3. The fraction of sp³-hybridized carbons (Fsp3) is 0.0417. The normalized spacial score (nSPS) is 10.3. The Morgan fingerprint density at radius 1 is 0.800 bits per heavy atom. The first kappa shape index (κ1) is 19.1. The van der Waals surface area contributed by atoms with Crippen molar-refractivity contribution < 1.29 is 14.3 Å². The molecule has 1 heterocycles. The Morgan fingerprint density at radius 3 is 2.27 bits per heavy atom. The number of nitrogens with one attached hydrogen (secondary N) is 1. The van der Waals surface area contributed by atoms with E-state index >= 15 is 0 Å². The number of para-hydroxylation sites is 1. The van der Waals surface area contributed by atoms with Gasteiger partial charge in [-0.25, -0.2) is 9.97 Å². The predicted octanol–water partition coefficient (Wildman–Crippen LogP) is 4.95. The maximum atomic E-state index is 12.3. The molecule has 0 aliphatic carbocycles. The standard InChI is InChI=1S/C24H19N3O3/c28-23(17-29-22-10-5-4-9-21(22)18-7-2-1-3-8-18)27-19-11-13-20(14-12-19)30-24-25-15-6-16-26-24/h1-16H,17H2,(H,27,28). The Bertz CT molecular complexity index is 1100. The summed E-state index contributed by atoms with van der Waals surface area (Å²) in [6.45, 7) is -0.0973. The van der Waals surface area contributed by atoms with Crippen molar-refractivity contribution in [3.8, 4) is 28.6 Å². The van der Waals surface area contributed by atoms with Gasteiger partial charge in [0.25, 0.3) is 5.91 Å². The van der Waals surface area contributed by atoms with Crippen LogP contribution in [0.3, 0.4) is 0 Å². The average molecular weight is 397 g/mol. The quantitative estimate of drug-likeness (QED) is 0.477. The van der Waals surface area contributed by atoms with Crippen LogP contribution < -0.4 is 14.8 Å². The van der Waals surface area contributed by atoms with E-state index in [1.165, 1.54) is 0 Å². The minimum atomic E-state index is -0.252. The van der Waals surface area contributed by atoms with Crippen molar-refractivity contribution in [2.45, 2.75) is 0 Å². The van der Waals surface area contributed by atoms with Crippen molar-refractivity contribution in [1.29, 1.82) is 0 Å². The molecule has 0 saturated heterocycles. The maximum Gasteiger partial charge on any atom is 0.321 e. The van der Waals surface area contributed by atoms with Gasteiger partial charge in [-0.1, -0.05) is 48.5 Å². The van der Waals surface area contributed by atoms with Gasteiger partial charge in [-0.3, -0.25) is 4.79 Å². The van der Waals surface area contributed by atoms with Gasteiger partial charge >= 0.3 is 6.01 Å². The van der Waals surface area contributed by atoms with E-state index in [-0.39, 0.29) is 18.5 Å². The largest absolute Gasteiger partial charge is 0.483 e. The topological polar surface area (TPSA) is 73.3 Å². The van der Waals surface area contributed by atoms with Crippen LogP contribution in [0, 0.1) is 0 Å². The monoisotopic (exact) mass is 397 g/mol. The second kappa shape index (κ2) is 9.34. The third-order valence-corrected chi connectivity index (χ3v) is 4.22. The first-order valence-corrected chi connectivity index (χ1v) is 9.40. The summed E-state index contributed by atoms with van der Waals surface area (Å²) in [5, 5.41) is 2.81. The zero-order chi connectivity index (χ0) is 20.6. The van der Waals surface area contributed by atoms with Crippen molar-refractivity contribution in [2.24, 2.45) is 0 Å². The van der Waals surface area contributed by atoms with Crippen LogP contribution in [-0.2, 0) is 4.79 Å². The first-order chi connectivity index (χ1) is 14.8. The second-order valence-electron chi connectivity index (χ2n) is 6.36. The van der Waals surface area contributed by atoms with Crippen LogP contribution >= 0.6 is 0 Å². The summed E-state index contributed by atoms with van der Waals surface area (Å²) in [6, 6.07) is 26.5. The van der Waals surface area contributed by atoms with E-state index in [0.717, 1.165) is 11.1 Å². The van der Waals surface area contributed by atoms with Gasteiger partial charge in [-0.2, -0.15) is 0 Å². The highest BCUT2D eigenvalue weighted by atomic mass is 16.5. The maximum absolute atomic E-state index is 12.3. The number of hydrogen-bond acceptors (Lipinski definition) is 5. The Kier molecular flexibility index (Phi) is 5.96. The number of carbonyl (C=O) groups is 1. The van der Waals surface area contributed by atoms with E-state index in [0.29, 0.717) is 17.2 Å². The lowest BCUT2D eigenvalue weighted by molar-refractivity contribution is -0.118. The summed E-state index contributed by atoms with van der Waals surface area (Å²) in [5.74, 6) is 0.982. The lowest BCUT2D eigenvalue weighted by atomic mass is 10.1. The van der Waals surface area contributed by atoms with E-state index in [1.807, 2.05) is 54.6 Å². The molecule has 4 rings (SSSR count). The number of hydrogen-bond donors (Lipinski definition) is 1. The van der Waals surface area contributed by atoms with Crippen LogP contribution in [0.2, 0.25) is 0 Å². The molecular formula is C24H19N3O3. The molecule has 0 saturated carbocycles. The van der Waals surface area contributed by atoms with Gasteiger partial charge in [0.15, 0.2) is 6.61 Å². The molecule has 3 aromatic carbocycles. The number of ether oxygens (including phenoxy) is 2. The van der Waals surface area contributed by atoms with E-state index in [1.54, 1.807) is 42.7 Å². The summed E-state index contributed by atoms with van der Waals surface area (Å²) in [6.07, 6.45) is 3.21. The molecule has 6 nitrogen and oxygen atoms in total. The van der Waals surface area contributed by atoms with E-state index in [9.17, 15) is 4.79 Å². The van der Waals surface area contributed by atoms with Crippen molar-refractivity contribution in [2.75, 3.05) is 11.9 Å². The van der Waals surface area contributed by atoms with Gasteiger partial charge < -0.3 is 14.8 Å². The summed E-state index contributed by atoms with van der Waals surface area (Å²) in [5.41, 5.74) is 2.61. The van der Waals surface area contributed by atoms with E-state index in [2.05, 4.69) is 15.3 Å². The lowest BCUT2D eigenvalue weighted by Gasteiger charge is -2.12. The zero-order valence-corrected chi connectivity index (χ0v) is 16.1. The minimum Gasteiger partial charge on any atom is -0.483 e. The molecule has 0 unspecified atom stereocenters. The van der Waals surface area contributed by atoms with Gasteiger partial charge in [0.1, 0.15) is 11.5 Å². The molecule has 1 N–H and O–H groups in total. The fourth-order valence-corrected chi connectivity index (χ4v) is 2.84. The molecule has 30 heavy (non-hydrogen) atoms. The van der Waals surface area contributed by atoms with Crippen LogP contribution in [0.15, 0.2) is 97.3 Å². The van der Waals surface area contributed by atoms with Gasteiger partial charge in [0.05, 0.1) is 0 Å². The predicted molar refractivity (Wildman–Crippen MR) is 115 cm³/mol. The third-order valence-electron chi connectivity index (χ3n) is 4.22. The molecule has 0 bridgehead atoms. The Balaban J connectivity index is 1.35. The Labute approximate surface area is 174 Å². The molecular weight excluding hydrogens is 378 g/mol. The molecule has 0 radical (unpaired) electrons. The lowest BCUT2D eigenvalue weighted by Crippen LogP contribution is -2.20. The molecule has 0 atom stereocenters. The fourth-order valence-electron chi connectivity index (χ4n) is 2.84. The van der Waals surface area contributed by atoms with Crippen LogP contribution in [0.5, 0.6) is 17.5 Å². The number of carbonyl (C=O) groups excluding carboxylic acids is 1. The van der Waals surface area contributed by atoms with Crippen LogP contribution in [0.25, 0.3) is 11.1 Å². The Morgan fingerprint density at radius 2 is 1.50 bits per heavy atom. The molecule has 0 aliphatic heterocycles. The zero-order valence-electron chi connectivity index (χ0n) is 16.1. The number of nitrogens with zero attached hydrogens (tertiary/aromatic N) is 2. The molecule has 0 spiro atoms. The van der Waals surface area contributed by atoms with E-state index < -0.39 is 0 Å². The molecule has 4 aromatic rings. The molecule has 0 aliphatic rings. The minimum absolute atomic E-state index is 0.0973.